The van der Waals surface area contributed by atoms with E-state index in [0.717, 1.165) is 0 Å². The van der Waals surface area contributed by atoms with Crippen LogP contribution in [0.4, 0.5) is 16.2 Å². The molecule has 0 spiro atoms. The molecule has 1 unspecified atom stereocenters. The van der Waals surface area contributed by atoms with Gasteiger partial charge in [-0.2, -0.15) is 0 Å². The Kier molecular flexibility index (Phi) is 10.2. The highest BCUT2D eigenvalue weighted by atomic mass is 16.6. The zero-order chi connectivity index (χ0) is 36.0. The van der Waals surface area contributed by atoms with Gasteiger partial charge in [0.05, 0.1) is 30.4 Å². The van der Waals surface area contributed by atoms with Crippen molar-refractivity contribution in [2.45, 2.75) is 51.3 Å². The van der Waals surface area contributed by atoms with Crippen LogP contribution < -0.4 is 16.0 Å². The number of nitrogens with one attached hydrogen (secondary N) is 1. The molecule has 7 N–H and O–H groups in total. The van der Waals surface area contributed by atoms with Gasteiger partial charge in [0.1, 0.15) is 29.1 Å². The molecule has 3 aliphatic rings. The fourth-order valence-electron chi connectivity index (χ4n) is 7.09. The van der Waals surface area contributed by atoms with Crippen molar-refractivity contribution < 1.29 is 49.1 Å². The maximum atomic E-state index is 14.2. The van der Waals surface area contributed by atoms with E-state index in [0.29, 0.717) is 17.5 Å². The van der Waals surface area contributed by atoms with Crippen LogP contribution in [-0.4, -0.2) is 126 Å². The first-order valence-corrected chi connectivity index (χ1v) is 15.7. The zero-order valence-electron chi connectivity index (χ0n) is 28.2. The number of carbonyl (C=O) groups excluding carboxylic acids is 5. The molecule has 1 fully saturated rings. The normalized spacial score (nSPS) is 24.2. The monoisotopic (exact) mass is 671 g/mol. The van der Waals surface area contributed by atoms with Crippen LogP contribution in [0.2, 0.25) is 0 Å². The lowest BCUT2D eigenvalue weighted by molar-refractivity contribution is -0.153. The largest absolute Gasteiger partial charge is 0.508 e. The maximum absolute atomic E-state index is 14.2. The van der Waals surface area contributed by atoms with Gasteiger partial charge >= 0.3 is 6.09 Å². The molecular formula is C33H45N5O10. The zero-order valence-corrected chi connectivity index (χ0v) is 28.2. The summed E-state index contributed by atoms with van der Waals surface area (Å²) in [6.07, 6.45) is -0.00543. The second-order valence-electron chi connectivity index (χ2n) is 13.6. The number of rotatable bonds is 11. The minimum atomic E-state index is -2.75. The number of aromatic hydroxyl groups is 1. The summed E-state index contributed by atoms with van der Waals surface area (Å²) < 4.78 is 5.28. The fourth-order valence-corrected chi connectivity index (χ4v) is 7.09. The van der Waals surface area contributed by atoms with Gasteiger partial charge in [-0.1, -0.05) is 13.8 Å². The number of nitrogens with zero attached hydrogens (tertiary/aromatic N) is 3. The molecule has 262 valence electrons. The summed E-state index contributed by atoms with van der Waals surface area (Å²) in [7, 11) is 6.59. The number of fused-ring (bicyclic) bond motifs is 3. The third-order valence-corrected chi connectivity index (χ3v) is 9.17. The van der Waals surface area contributed by atoms with Crippen LogP contribution in [0.3, 0.4) is 0 Å². The number of aliphatic hydroxyl groups excluding tert-OH is 2. The van der Waals surface area contributed by atoms with Gasteiger partial charge in [0, 0.05) is 43.9 Å². The molecule has 1 aromatic rings. The first-order valence-electron chi connectivity index (χ1n) is 15.7. The van der Waals surface area contributed by atoms with Gasteiger partial charge < -0.3 is 45.9 Å². The number of carbonyl (C=O) groups is 5. The van der Waals surface area contributed by atoms with Crippen molar-refractivity contribution >= 4 is 47.0 Å². The number of hydrogen-bond acceptors (Lipinski definition) is 13. The Morgan fingerprint density at radius 3 is 2.33 bits per heavy atom. The first-order chi connectivity index (χ1) is 22.4. The van der Waals surface area contributed by atoms with E-state index in [9.17, 15) is 44.4 Å². The lowest BCUT2D eigenvalue weighted by atomic mass is 9.57. The number of aliphatic hydroxyl groups is 3. The Hall–Kier alpha value is -4.63. The van der Waals surface area contributed by atoms with Crippen LogP contribution in [0.25, 0.3) is 5.76 Å². The van der Waals surface area contributed by atoms with Crippen molar-refractivity contribution in [3.63, 3.8) is 0 Å². The number of phenolic OH excluding ortho intramolecular Hbond substituents is 1. The minimum Gasteiger partial charge on any atom is -0.508 e. The molecule has 1 aromatic carbocycles. The highest BCUT2D eigenvalue weighted by Crippen LogP contribution is 2.54. The number of ketones is 2. The van der Waals surface area contributed by atoms with Crippen molar-refractivity contribution in [3.8, 4) is 5.75 Å². The molecule has 4 rings (SSSR count). The van der Waals surface area contributed by atoms with Gasteiger partial charge in [-0.25, -0.2) is 4.79 Å². The van der Waals surface area contributed by atoms with Crippen molar-refractivity contribution in [1.82, 2.24) is 9.80 Å². The quantitative estimate of drug-likeness (QED) is 0.110. The Morgan fingerprint density at radius 2 is 1.79 bits per heavy atom. The predicted molar refractivity (Wildman–Crippen MR) is 175 cm³/mol. The number of likely N-dealkylation sites (N-methyl/N-ethyl adjacent to an activating group) is 1. The Morgan fingerprint density at radius 1 is 1.15 bits per heavy atom. The number of ether oxygens (including phenoxy) is 1. The van der Waals surface area contributed by atoms with Crippen LogP contribution in [0, 0.1) is 17.8 Å². The summed E-state index contributed by atoms with van der Waals surface area (Å²) in [5.41, 5.74) is 2.66. The maximum Gasteiger partial charge on any atom is 0.410 e. The highest BCUT2D eigenvalue weighted by Gasteiger charge is 2.64. The topological polar surface area (TPSA) is 223 Å². The molecular weight excluding hydrogens is 626 g/mol. The van der Waals surface area contributed by atoms with E-state index in [1.165, 1.54) is 23.9 Å². The predicted octanol–water partition coefficient (Wildman–Crippen LogP) is 1.12. The molecule has 15 nitrogen and oxygen atoms in total. The average molecular weight is 672 g/mol. The lowest BCUT2D eigenvalue weighted by Gasteiger charge is -2.50. The molecule has 0 aliphatic heterocycles. The van der Waals surface area contributed by atoms with Crippen molar-refractivity contribution in [2.75, 3.05) is 58.1 Å². The summed E-state index contributed by atoms with van der Waals surface area (Å²) in [4.78, 5) is 68.1. The number of amides is 2. The van der Waals surface area contributed by atoms with Gasteiger partial charge in [-0.3, -0.25) is 24.2 Å². The summed E-state index contributed by atoms with van der Waals surface area (Å²) in [6.45, 7) is 5.44. The Labute approximate surface area is 278 Å². The van der Waals surface area contributed by atoms with Crippen molar-refractivity contribution in [1.29, 1.82) is 0 Å². The standard InChI is InChI=1S/C33H45N5O10/c1-15(2)14-48-32(46)38(8-9-39)13-16(3)35-20-12-21(36(4)5)18-10-17-11-19-25(37(6)7)28(42)24(31(34)45)30(44)33(19,47)29(43)22(17)27(41)23(18)26(20)40/h9,12,15-17,19,25,35,40-41,44,47H,8,10-11,13-14H2,1-7H3,(H2,34,45)/t16?,17-,19-,25-,33-/m0/s1. The average Bonchev–Trinajstić information content (AvgIpc) is 2.98. The van der Waals surface area contributed by atoms with E-state index in [2.05, 4.69) is 5.32 Å². The highest BCUT2D eigenvalue weighted by molar-refractivity contribution is 6.24. The van der Waals surface area contributed by atoms with Crippen LogP contribution in [0.1, 0.15) is 38.3 Å². The number of hydrogen-bond donors (Lipinski definition) is 6. The molecule has 0 aromatic heterocycles. The van der Waals surface area contributed by atoms with Gasteiger partial charge in [0.25, 0.3) is 5.91 Å². The Bertz CT molecular complexity index is 1600. The molecule has 2 amide bonds. The second-order valence-corrected chi connectivity index (χ2v) is 13.6. The summed E-state index contributed by atoms with van der Waals surface area (Å²) in [5, 5.41) is 49.3. The third kappa shape index (κ3) is 6.07. The molecule has 0 saturated heterocycles. The smallest absolute Gasteiger partial charge is 0.410 e. The molecule has 1 saturated carbocycles. The number of anilines is 2. The van der Waals surface area contributed by atoms with Crippen LogP contribution in [-0.2, 0) is 30.3 Å². The molecule has 0 heterocycles. The molecule has 5 atom stereocenters. The van der Waals surface area contributed by atoms with E-state index in [1.807, 2.05) is 13.8 Å². The number of nitrogens with two attached hydrogens (primary N) is 1. The van der Waals surface area contributed by atoms with Crippen LogP contribution in [0.5, 0.6) is 5.75 Å². The number of benzene rings is 1. The second kappa shape index (κ2) is 13.5. The molecule has 0 bridgehead atoms. The lowest BCUT2D eigenvalue weighted by Crippen LogP contribution is -2.65. The van der Waals surface area contributed by atoms with E-state index >= 15 is 0 Å². The number of phenols is 1. The number of aldehydes is 1. The van der Waals surface area contributed by atoms with E-state index in [-0.39, 0.29) is 55.3 Å². The van der Waals surface area contributed by atoms with E-state index in [4.69, 9.17) is 10.5 Å². The summed E-state index contributed by atoms with van der Waals surface area (Å²) >= 11 is 0. The first kappa shape index (κ1) is 36.2. The number of primary amides is 1. The van der Waals surface area contributed by atoms with Crippen LogP contribution >= 0.6 is 0 Å². The molecule has 3 aliphatic carbocycles. The van der Waals surface area contributed by atoms with Crippen LogP contribution in [0.15, 0.2) is 23.0 Å². The Balaban J connectivity index is 1.80. The minimum absolute atomic E-state index is 0.0190. The molecule has 48 heavy (non-hydrogen) atoms. The molecule has 15 heteroatoms. The molecule has 0 radical (unpaired) electrons. The SMILES string of the molecule is CC(C)COC(=O)N(CC=O)CC(C)Nc1cc(N(C)C)c2c(c1O)C(O)=C1C(=O)[C@]3(O)C(O)=C(C(N)=O)C(=O)[C@@H](N(C)C)[C@@H]3C[C@@H]1C2. The third-order valence-electron chi connectivity index (χ3n) is 9.17. The number of Topliss-reactive ketones (excluding diaryl/α,β-unsaturated/α-hetero) is 2. The summed E-state index contributed by atoms with van der Waals surface area (Å²) in [5.74, 6) is -7.26. The van der Waals surface area contributed by atoms with E-state index < -0.39 is 75.9 Å². The van der Waals surface area contributed by atoms with Gasteiger partial charge in [-0.05, 0) is 57.3 Å². The van der Waals surface area contributed by atoms with E-state index in [1.54, 1.807) is 32.0 Å². The van der Waals surface area contributed by atoms with Gasteiger partial charge in [0.15, 0.2) is 11.4 Å². The van der Waals surface area contributed by atoms with Gasteiger partial charge in [0.2, 0.25) is 5.78 Å². The fraction of sp³-hybridized carbons (Fsp3) is 0.545. The summed E-state index contributed by atoms with van der Waals surface area (Å²) in [6, 6.07) is -0.0685. The van der Waals surface area contributed by atoms with Gasteiger partial charge in [-0.15, -0.1) is 0 Å². The van der Waals surface area contributed by atoms with Crippen molar-refractivity contribution in [3.05, 3.63) is 34.1 Å². The van der Waals surface area contributed by atoms with Crippen molar-refractivity contribution in [2.24, 2.45) is 23.5 Å².